The average molecular weight is 326 g/mol. The number of rotatable bonds is 2. The second-order valence-corrected chi connectivity index (χ2v) is 6.11. The maximum absolute atomic E-state index is 13.3. The van der Waals surface area contributed by atoms with Crippen LogP contribution >= 0.6 is 27.7 Å². The molecule has 0 atom stereocenters. The Kier molecular flexibility index (Phi) is 3.97. The van der Waals surface area contributed by atoms with Crippen LogP contribution in [0, 0.1) is 19.7 Å². The lowest BCUT2D eigenvalue weighted by Gasteiger charge is -2.10. The number of hydrogen-bond donors (Lipinski definition) is 1. The van der Waals surface area contributed by atoms with Gasteiger partial charge in [-0.25, -0.2) is 4.39 Å². The second-order valence-electron chi connectivity index (χ2n) is 4.18. The van der Waals surface area contributed by atoms with E-state index in [4.69, 9.17) is 5.73 Å². The van der Waals surface area contributed by atoms with Crippen LogP contribution in [0.2, 0.25) is 0 Å². The first-order valence-corrected chi connectivity index (χ1v) is 7.08. The SMILES string of the molecule is Cc1ccc(C)c(Sc2cc(Br)c(F)cc2N)c1. The summed E-state index contributed by atoms with van der Waals surface area (Å²) in [6.07, 6.45) is 0. The minimum atomic E-state index is -0.335. The molecule has 94 valence electrons. The minimum Gasteiger partial charge on any atom is -0.398 e. The molecule has 2 aromatic rings. The summed E-state index contributed by atoms with van der Waals surface area (Å²) in [7, 11) is 0. The molecule has 0 aromatic heterocycles. The normalized spacial score (nSPS) is 10.7. The van der Waals surface area contributed by atoms with E-state index in [-0.39, 0.29) is 5.82 Å². The molecule has 0 unspecified atom stereocenters. The summed E-state index contributed by atoms with van der Waals surface area (Å²) < 4.78 is 13.7. The Bertz CT molecular complexity index is 599. The number of anilines is 1. The molecular weight excluding hydrogens is 313 g/mol. The predicted octanol–water partition coefficient (Wildman–Crippen LogP) is 4.94. The van der Waals surface area contributed by atoms with Crippen LogP contribution in [0.4, 0.5) is 10.1 Å². The van der Waals surface area contributed by atoms with E-state index in [1.54, 1.807) is 17.8 Å². The lowest BCUT2D eigenvalue weighted by atomic mass is 10.2. The minimum absolute atomic E-state index is 0.335. The van der Waals surface area contributed by atoms with Gasteiger partial charge in [-0.1, -0.05) is 23.9 Å². The van der Waals surface area contributed by atoms with E-state index in [9.17, 15) is 4.39 Å². The van der Waals surface area contributed by atoms with Crippen molar-refractivity contribution in [3.63, 3.8) is 0 Å². The van der Waals surface area contributed by atoms with Crippen LogP contribution in [0.1, 0.15) is 11.1 Å². The van der Waals surface area contributed by atoms with Gasteiger partial charge in [-0.3, -0.25) is 0 Å². The van der Waals surface area contributed by atoms with E-state index in [1.807, 2.05) is 6.92 Å². The highest BCUT2D eigenvalue weighted by atomic mass is 79.9. The number of hydrogen-bond acceptors (Lipinski definition) is 2. The van der Waals surface area contributed by atoms with E-state index in [0.717, 1.165) is 9.79 Å². The molecule has 0 saturated carbocycles. The monoisotopic (exact) mass is 325 g/mol. The largest absolute Gasteiger partial charge is 0.398 e. The highest BCUT2D eigenvalue weighted by Gasteiger charge is 2.09. The Hall–Kier alpha value is -1.00. The van der Waals surface area contributed by atoms with Crippen LogP contribution in [-0.4, -0.2) is 0 Å². The van der Waals surface area contributed by atoms with Gasteiger partial charge in [0.15, 0.2) is 0 Å². The topological polar surface area (TPSA) is 26.0 Å². The molecule has 0 fully saturated rings. The highest BCUT2D eigenvalue weighted by Crippen LogP contribution is 2.36. The van der Waals surface area contributed by atoms with Gasteiger partial charge in [0.05, 0.1) is 4.47 Å². The van der Waals surface area contributed by atoms with Gasteiger partial charge in [0, 0.05) is 15.5 Å². The zero-order valence-corrected chi connectivity index (χ0v) is 12.5. The first kappa shape index (κ1) is 13.4. The third-order valence-electron chi connectivity index (χ3n) is 2.62. The summed E-state index contributed by atoms with van der Waals surface area (Å²) in [5, 5.41) is 0. The van der Waals surface area contributed by atoms with Crippen molar-refractivity contribution in [1.82, 2.24) is 0 Å². The van der Waals surface area contributed by atoms with E-state index in [0.29, 0.717) is 10.2 Å². The third-order valence-corrected chi connectivity index (χ3v) is 4.46. The fraction of sp³-hybridized carbons (Fsp3) is 0.143. The number of nitrogen functional groups attached to an aromatic ring is 1. The quantitative estimate of drug-likeness (QED) is 0.791. The standard InChI is InChI=1S/C14H13BrFNS/c1-8-3-4-9(2)13(5-8)18-14-6-10(15)11(16)7-12(14)17/h3-7H,17H2,1-2H3. The molecule has 4 heteroatoms. The summed E-state index contributed by atoms with van der Waals surface area (Å²) in [4.78, 5) is 2.00. The number of nitrogens with two attached hydrogens (primary N) is 1. The van der Waals surface area contributed by atoms with E-state index < -0.39 is 0 Å². The lowest BCUT2D eigenvalue weighted by Crippen LogP contribution is -1.92. The van der Waals surface area contributed by atoms with Gasteiger partial charge in [-0.15, -0.1) is 0 Å². The first-order chi connectivity index (χ1) is 8.47. The van der Waals surface area contributed by atoms with Crippen molar-refractivity contribution in [2.75, 3.05) is 5.73 Å². The second kappa shape index (κ2) is 5.33. The zero-order chi connectivity index (χ0) is 13.3. The molecule has 18 heavy (non-hydrogen) atoms. The number of halogens is 2. The van der Waals surface area contributed by atoms with Gasteiger partial charge in [-0.05, 0) is 59.1 Å². The van der Waals surface area contributed by atoms with Gasteiger partial charge >= 0.3 is 0 Å². The lowest BCUT2D eigenvalue weighted by molar-refractivity contribution is 0.620. The van der Waals surface area contributed by atoms with Gasteiger partial charge in [0.25, 0.3) is 0 Å². The summed E-state index contributed by atoms with van der Waals surface area (Å²) in [6, 6.07) is 9.32. The fourth-order valence-electron chi connectivity index (χ4n) is 1.57. The molecule has 0 amide bonds. The molecule has 0 heterocycles. The molecule has 2 rings (SSSR count). The molecule has 0 aliphatic heterocycles. The van der Waals surface area contributed by atoms with Crippen molar-refractivity contribution in [1.29, 1.82) is 0 Å². The van der Waals surface area contributed by atoms with E-state index in [1.165, 1.54) is 17.2 Å². The van der Waals surface area contributed by atoms with Gasteiger partial charge in [0.2, 0.25) is 0 Å². The molecule has 0 aliphatic rings. The number of benzene rings is 2. The highest BCUT2D eigenvalue weighted by molar-refractivity contribution is 9.10. The Morgan fingerprint density at radius 1 is 1.11 bits per heavy atom. The van der Waals surface area contributed by atoms with Crippen LogP contribution in [0.25, 0.3) is 0 Å². The molecule has 0 radical (unpaired) electrons. The fourth-order valence-corrected chi connectivity index (χ4v) is 3.13. The summed E-state index contributed by atoms with van der Waals surface area (Å²) in [5.74, 6) is -0.335. The van der Waals surface area contributed by atoms with Gasteiger partial charge in [-0.2, -0.15) is 0 Å². The van der Waals surface area contributed by atoms with Crippen LogP contribution in [-0.2, 0) is 0 Å². The Balaban J connectivity index is 2.40. The van der Waals surface area contributed by atoms with Crippen LogP contribution in [0.3, 0.4) is 0 Å². The summed E-state index contributed by atoms with van der Waals surface area (Å²) in [5.41, 5.74) is 8.69. The van der Waals surface area contributed by atoms with Gasteiger partial charge < -0.3 is 5.73 Å². The van der Waals surface area contributed by atoms with Crippen molar-refractivity contribution >= 4 is 33.4 Å². The molecule has 0 aliphatic carbocycles. The van der Waals surface area contributed by atoms with E-state index >= 15 is 0 Å². The van der Waals surface area contributed by atoms with E-state index in [2.05, 4.69) is 41.1 Å². The maximum Gasteiger partial charge on any atom is 0.139 e. The average Bonchev–Trinajstić information content (AvgIpc) is 2.30. The zero-order valence-electron chi connectivity index (χ0n) is 10.1. The third kappa shape index (κ3) is 2.87. The van der Waals surface area contributed by atoms with Crippen LogP contribution < -0.4 is 5.73 Å². The predicted molar refractivity (Wildman–Crippen MR) is 78.6 cm³/mol. The number of aryl methyl sites for hydroxylation is 2. The van der Waals surface area contributed by atoms with Crippen molar-refractivity contribution in [2.45, 2.75) is 23.6 Å². The summed E-state index contributed by atoms with van der Waals surface area (Å²) >= 11 is 4.74. The van der Waals surface area contributed by atoms with Crippen molar-refractivity contribution in [3.8, 4) is 0 Å². The molecule has 0 bridgehead atoms. The Morgan fingerprint density at radius 2 is 1.83 bits per heavy atom. The first-order valence-electron chi connectivity index (χ1n) is 5.47. The molecular formula is C14H13BrFNS. The summed E-state index contributed by atoms with van der Waals surface area (Å²) in [6.45, 7) is 4.10. The Morgan fingerprint density at radius 3 is 2.56 bits per heavy atom. The van der Waals surface area contributed by atoms with Gasteiger partial charge in [0.1, 0.15) is 5.82 Å². The maximum atomic E-state index is 13.3. The molecule has 0 saturated heterocycles. The molecule has 2 aromatic carbocycles. The smallest absolute Gasteiger partial charge is 0.139 e. The molecule has 1 nitrogen and oxygen atoms in total. The van der Waals surface area contributed by atoms with Crippen molar-refractivity contribution in [2.24, 2.45) is 0 Å². The molecule has 0 spiro atoms. The molecule has 2 N–H and O–H groups in total. The van der Waals surface area contributed by atoms with Crippen molar-refractivity contribution < 1.29 is 4.39 Å². The Labute approximate surface area is 119 Å². The van der Waals surface area contributed by atoms with Crippen LogP contribution in [0.15, 0.2) is 44.6 Å². The van der Waals surface area contributed by atoms with Crippen molar-refractivity contribution in [3.05, 3.63) is 51.7 Å². The van der Waals surface area contributed by atoms with Crippen LogP contribution in [0.5, 0.6) is 0 Å².